The van der Waals surface area contributed by atoms with E-state index < -0.39 is 0 Å². The lowest BCUT2D eigenvalue weighted by Gasteiger charge is -2.19. The van der Waals surface area contributed by atoms with Gasteiger partial charge in [0.2, 0.25) is 0 Å². The van der Waals surface area contributed by atoms with Crippen molar-refractivity contribution in [2.75, 3.05) is 19.7 Å². The quantitative estimate of drug-likeness (QED) is 0.620. The Balaban J connectivity index is 2.36. The van der Waals surface area contributed by atoms with Crippen LogP contribution in [0.15, 0.2) is 0 Å². The highest BCUT2D eigenvalue weighted by atomic mass is 16.5. The predicted octanol–water partition coefficient (Wildman–Crippen LogP) is 1.28. The molecule has 1 aliphatic rings. The molecule has 1 rings (SSSR count). The third kappa shape index (κ3) is 2.69. The zero-order valence-corrected chi connectivity index (χ0v) is 8.75. The summed E-state index contributed by atoms with van der Waals surface area (Å²) < 4.78 is 4.99. The highest BCUT2D eigenvalue weighted by Gasteiger charge is 2.30. The fourth-order valence-corrected chi connectivity index (χ4v) is 1.71. The first-order valence-electron chi connectivity index (χ1n) is 5.05. The Morgan fingerprint density at radius 1 is 1.62 bits per heavy atom. The van der Waals surface area contributed by atoms with Gasteiger partial charge in [-0.05, 0) is 33.7 Å². The number of hydrogen-bond acceptors (Lipinski definition) is 3. The summed E-state index contributed by atoms with van der Waals surface area (Å²) in [7, 11) is 0. The molecule has 1 fully saturated rings. The smallest absolute Gasteiger partial charge is 0.310 e. The van der Waals surface area contributed by atoms with Crippen LogP contribution in [0.4, 0.5) is 0 Å². The molecule has 0 bridgehead atoms. The molecule has 0 amide bonds. The molecular formula is C10H19NO2. The Morgan fingerprint density at radius 3 is 2.77 bits per heavy atom. The molecule has 3 heteroatoms. The van der Waals surface area contributed by atoms with Gasteiger partial charge in [-0.3, -0.25) is 4.79 Å². The van der Waals surface area contributed by atoms with Gasteiger partial charge in [-0.25, -0.2) is 0 Å². The summed E-state index contributed by atoms with van der Waals surface area (Å²) in [6.45, 7) is 8.57. The number of likely N-dealkylation sites (tertiary alicyclic amines) is 1. The molecule has 0 N–H and O–H groups in total. The van der Waals surface area contributed by atoms with Crippen molar-refractivity contribution in [3.05, 3.63) is 0 Å². The van der Waals surface area contributed by atoms with E-state index in [0.717, 1.165) is 19.5 Å². The number of carbonyl (C=O) groups is 1. The molecule has 1 heterocycles. The van der Waals surface area contributed by atoms with Crippen LogP contribution >= 0.6 is 0 Å². The van der Waals surface area contributed by atoms with Crippen LogP contribution in [0.1, 0.15) is 27.2 Å². The summed E-state index contributed by atoms with van der Waals surface area (Å²) in [5.74, 6) is 0.0907. The van der Waals surface area contributed by atoms with E-state index in [0.29, 0.717) is 12.6 Å². The van der Waals surface area contributed by atoms with Crippen LogP contribution in [0.5, 0.6) is 0 Å². The SMILES string of the molecule is CCOC(=O)C1CCN(C(C)C)C1. The molecule has 13 heavy (non-hydrogen) atoms. The second kappa shape index (κ2) is 4.61. The summed E-state index contributed by atoms with van der Waals surface area (Å²) in [6.07, 6.45) is 0.955. The molecule has 3 nitrogen and oxygen atoms in total. The molecule has 0 radical (unpaired) electrons. The van der Waals surface area contributed by atoms with Crippen molar-refractivity contribution in [2.45, 2.75) is 33.2 Å². The summed E-state index contributed by atoms with van der Waals surface area (Å²) in [4.78, 5) is 13.7. The molecule has 1 aliphatic heterocycles. The lowest BCUT2D eigenvalue weighted by atomic mass is 10.1. The van der Waals surface area contributed by atoms with Crippen molar-refractivity contribution in [1.82, 2.24) is 4.90 Å². The number of carbonyl (C=O) groups excluding carboxylic acids is 1. The fourth-order valence-electron chi connectivity index (χ4n) is 1.71. The zero-order valence-electron chi connectivity index (χ0n) is 8.75. The van der Waals surface area contributed by atoms with Gasteiger partial charge >= 0.3 is 5.97 Å². The van der Waals surface area contributed by atoms with E-state index in [1.54, 1.807) is 0 Å². The molecule has 0 aromatic rings. The Hall–Kier alpha value is -0.570. The largest absolute Gasteiger partial charge is 0.466 e. The molecular weight excluding hydrogens is 166 g/mol. The van der Waals surface area contributed by atoms with Crippen LogP contribution in [0.2, 0.25) is 0 Å². The summed E-state index contributed by atoms with van der Waals surface area (Å²) in [6, 6.07) is 0.541. The van der Waals surface area contributed by atoms with Crippen molar-refractivity contribution < 1.29 is 9.53 Å². The van der Waals surface area contributed by atoms with E-state index in [2.05, 4.69) is 18.7 Å². The minimum absolute atomic E-state index is 0.0225. The van der Waals surface area contributed by atoms with Gasteiger partial charge in [-0.2, -0.15) is 0 Å². The highest BCUT2D eigenvalue weighted by Crippen LogP contribution is 2.19. The van der Waals surface area contributed by atoms with Gasteiger partial charge in [-0.1, -0.05) is 0 Å². The van der Waals surface area contributed by atoms with E-state index in [1.807, 2.05) is 6.92 Å². The third-order valence-electron chi connectivity index (χ3n) is 2.57. The van der Waals surface area contributed by atoms with E-state index in [-0.39, 0.29) is 11.9 Å². The number of nitrogens with zero attached hydrogens (tertiary/aromatic N) is 1. The highest BCUT2D eigenvalue weighted by molar-refractivity contribution is 5.73. The topological polar surface area (TPSA) is 29.5 Å². The van der Waals surface area contributed by atoms with Gasteiger partial charge in [0.05, 0.1) is 12.5 Å². The lowest BCUT2D eigenvalue weighted by Crippen LogP contribution is -2.30. The van der Waals surface area contributed by atoms with Crippen LogP contribution in [-0.4, -0.2) is 36.6 Å². The van der Waals surface area contributed by atoms with Gasteiger partial charge in [0, 0.05) is 12.6 Å². The van der Waals surface area contributed by atoms with E-state index in [1.165, 1.54) is 0 Å². The molecule has 1 unspecified atom stereocenters. The first kappa shape index (κ1) is 10.5. The van der Waals surface area contributed by atoms with Crippen molar-refractivity contribution in [2.24, 2.45) is 5.92 Å². The summed E-state index contributed by atoms with van der Waals surface area (Å²) >= 11 is 0. The van der Waals surface area contributed by atoms with Gasteiger partial charge in [0.25, 0.3) is 0 Å². The Bertz CT molecular complexity index is 180. The zero-order chi connectivity index (χ0) is 9.84. The van der Waals surface area contributed by atoms with Crippen molar-refractivity contribution in [3.63, 3.8) is 0 Å². The fraction of sp³-hybridized carbons (Fsp3) is 0.900. The average Bonchev–Trinajstić information content (AvgIpc) is 2.52. The Labute approximate surface area is 80.1 Å². The second-order valence-corrected chi connectivity index (χ2v) is 3.83. The average molecular weight is 185 g/mol. The number of ether oxygens (including phenoxy) is 1. The van der Waals surface area contributed by atoms with Crippen molar-refractivity contribution in [1.29, 1.82) is 0 Å². The lowest BCUT2D eigenvalue weighted by molar-refractivity contribution is -0.147. The van der Waals surface area contributed by atoms with Gasteiger partial charge in [0.15, 0.2) is 0 Å². The Morgan fingerprint density at radius 2 is 2.31 bits per heavy atom. The maximum atomic E-state index is 11.4. The van der Waals surface area contributed by atoms with E-state index in [9.17, 15) is 4.79 Å². The molecule has 0 aromatic carbocycles. The van der Waals surface area contributed by atoms with Crippen LogP contribution in [0.25, 0.3) is 0 Å². The standard InChI is InChI=1S/C10H19NO2/c1-4-13-10(12)9-5-6-11(7-9)8(2)3/h8-9H,4-7H2,1-3H3. The van der Waals surface area contributed by atoms with Gasteiger partial charge < -0.3 is 9.64 Å². The number of hydrogen-bond donors (Lipinski definition) is 0. The minimum Gasteiger partial charge on any atom is -0.466 e. The summed E-state index contributed by atoms with van der Waals surface area (Å²) in [5.41, 5.74) is 0. The molecule has 76 valence electrons. The number of esters is 1. The minimum atomic E-state index is -0.0225. The molecule has 0 aliphatic carbocycles. The number of rotatable bonds is 3. The monoisotopic (exact) mass is 185 g/mol. The maximum Gasteiger partial charge on any atom is 0.310 e. The first-order chi connectivity index (χ1) is 6.15. The maximum absolute atomic E-state index is 11.4. The van der Waals surface area contributed by atoms with Crippen molar-refractivity contribution >= 4 is 5.97 Å². The molecule has 0 saturated carbocycles. The van der Waals surface area contributed by atoms with Gasteiger partial charge in [0.1, 0.15) is 0 Å². The first-order valence-corrected chi connectivity index (χ1v) is 5.05. The van der Waals surface area contributed by atoms with Crippen LogP contribution in [0, 0.1) is 5.92 Å². The molecule has 1 saturated heterocycles. The normalized spacial score (nSPS) is 23.8. The van der Waals surface area contributed by atoms with E-state index in [4.69, 9.17) is 4.74 Å². The van der Waals surface area contributed by atoms with E-state index >= 15 is 0 Å². The van der Waals surface area contributed by atoms with Crippen LogP contribution in [0.3, 0.4) is 0 Å². The predicted molar refractivity (Wildman–Crippen MR) is 51.4 cm³/mol. The van der Waals surface area contributed by atoms with Crippen LogP contribution in [-0.2, 0) is 9.53 Å². The molecule has 1 atom stereocenters. The molecule has 0 spiro atoms. The van der Waals surface area contributed by atoms with Crippen LogP contribution < -0.4 is 0 Å². The van der Waals surface area contributed by atoms with Gasteiger partial charge in [-0.15, -0.1) is 0 Å². The third-order valence-corrected chi connectivity index (χ3v) is 2.57. The molecule has 0 aromatic heterocycles. The van der Waals surface area contributed by atoms with Crippen molar-refractivity contribution in [3.8, 4) is 0 Å². The second-order valence-electron chi connectivity index (χ2n) is 3.83. The summed E-state index contributed by atoms with van der Waals surface area (Å²) in [5, 5.41) is 0. The Kier molecular flexibility index (Phi) is 3.72.